The van der Waals surface area contributed by atoms with Crippen LogP contribution in [0.3, 0.4) is 0 Å². The van der Waals surface area contributed by atoms with Crippen LogP contribution in [-0.2, 0) is 6.42 Å². The Balaban J connectivity index is 1.50. The molecular formula is C20H27N3+2. The highest BCUT2D eigenvalue weighted by molar-refractivity contribution is 5.85. The fraction of sp³-hybridized carbons (Fsp3) is 0.600. The van der Waals surface area contributed by atoms with Gasteiger partial charge in [-0.05, 0) is 30.9 Å². The Kier molecular flexibility index (Phi) is 2.61. The Hall–Kier alpha value is -1.32. The number of H-pyrrole nitrogens is 1. The molecule has 2 aromatic rings. The lowest BCUT2D eigenvalue weighted by atomic mass is 9.61. The second-order valence-electron chi connectivity index (χ2n) is 8.37. The SMILES string of the molecule is c1ccc2c3c([nH]c2c1)[C@H]1[C@H]2CC[C@@H]([C@H]4CCC[NH2+][C@H]42)[NH+]1CC3. The number of piperidine rings is 3. The summed E-state index contributed by atoms with van der Waals surface area (Å²) in [4.78, 5) is 5.80. The molecule has 4 aliphatic heterocycles. The van der Waals surface area contributed by atoms with E-state index in [1.807, 2.05) is 4.90 Å². The number of nitrogens with two attached hydrogens (primary N) is 1. The van der Waals surface area contributed by atoms with E-state index in [1.54, 1.807) is 11.3 Å². The first kappa shape index (κ1) is 13.0. The van der Waals surface area contributed by atoms with Crippen molar-refractivity contribution >= 4 is 10.9 Å². The number of quaternary nitrogens is 2. The standard InChI is InChI=1S/C20H25N3/c1-2-6-16-12(4-1)13-9-11-23-17-8-7-15(20(23)19(13)22-16)18-14(17)5-3-10-21-18/h1-2,4,6,14-15,17-18,20-22H,3,5,7-11H2/p+2/t14-,15+,17+,18-,20-/m1/s1. The van der Waals surface area contributed by atoms with E-state index in [0.29, 0.717) is 0 Å². The monoisotopic (exact) mass is 309 g/mol. The summed E-state index contributed by atoms with van der Waals surface area (Å²) in [5.74, 6) is 1.90. The minimum Gasteiger partial charge on any atom is -0.353 e. The molecular weight excluding hydrogens is 282 g/mol. The number of rotatable bonds is 0. The van der Waals surface area contributed by atoms with Crippen LogP contribution in [0, 0.1) is 11.8 Å². The van der Waals surface area contributed by atoms with Gasteiger partial charge < -0.3 is 15.2 Å². The largest absolute Gasteiger partial charge is 0.353 e. The van der Waals surface area contributed by atoms with Gasteiger partial charge in [0.05, 0.1) is 36.7 Å². The Morgan fingerprint density at radius 2 is 2.04 bits per heavy atom. The zero-order chi connectivity index (χ0) is 15.0. The third-order valence-corrected chi connectivity index (χ3v) is 7.62. The Labute approximate surface area is 137 Å². The summed E-state index contributed by atoms with van der Waals surface area (Å²) in [6.07, 6.45) is 7.17. The molecule has 1 unspecified atom stereocenters. The van der Waals surface area contributed by atoms with Crippen molar-refractivity contribution in [2.24, 2.45) is 11.8 Å². The number of aromatic amines is 1. The molecule has 0 amide bonds. The Morgan fingerprint density at radius 1 is 1.09 bits per heavy atom. The Morgan fingerprint density at radius 3 is 3.04 bits per heavy atom. The first-order valence-corrected chi connectivity index (χ1v) is 9.70. The second-order valence-corrected chi connectivity index (χ2v) is 8.37. The van der Waals surface area contributed by atoms with Crippen LogP contribution in [0.2, 0.25) is 0 Å². The van der Waals surface area contributed by atoms with Crippen molar-refractivity contribution in [3.63, 3.8) is 0 Å². The molecule has 1 saturated carbocycles. The van der Waals surface area contributed by atoms with Crippen molar-refractivity contribution < 1.29 is 10.2 Å². The lowest BCUT2D eigenvalue weighted by Gasteiger charge is -2.56. The van der Waals surface area contributed by atoms with E-state index in [0.717, 1.165) is 30.0 Å². The van der Waals surface area contributed by atoms with Gasteiger partial charge in [-0.3, -0.25) is 0 Å². The van der Waals surface area contributed by atoms with Crippen LogP contribution in [-0.4, -0.2) is 30.2 Å². The number of para-hydroxylation sites is 1. The van der Waals surface area contributed by atoms with Gasteiger partial charge in [0.15, 0.2) is 0 Å². The number of hydrogen-bond acceptors (Lipinski definition) is 0. The van der Waals surface area contributed by atoms with Gasteiger partial charge >= 0.3 is 0 Å². The van der Waals surface area contributed by atoms with Crippen molar-refractivity contribution in [2.45, 2.75) is 50.2 Å². The zero-order valence-corrected chi connectivity index (χ0v) is 13.7. The molecule has 7 rings (SSSR count). The van der Waals surface area contributed by atoms with Crippen molar-refractivity contribution in [3.05, 3.63) is 35.5 Å². The molecule has 3 nitrogen and oxygen atoms in total. The van der Waals surface area contributed by atoms with Crippen LogP contribution in [0.5, 0.6) is 0 Å². The molecule has 2 bridgehead atoms. The summed E-state index contributed by atoms with van der Waals surface area (Å²) in [6.45, 7) is 2.73. The molecule has 0 spiro atoms. The zero-order valence-electron chi connectivity index (χ0n) is 13.7. The molecule has 4 N–H and O–H groups in total. The van der Waals surface area contributed by atoms with E-state index in [2.05, 4.69) is 34.6 Å². The molecule has 3 heteroatoms. The van der Waals surface area contributed by atoms with E-state index in [9.17, 15) is 0 Å². The second kappa shape index (κ2) is 4.61. The molecule has 5 heterocycles. The van der Waals surface area contributed by atoms with Crippen molar-refractivity contribution in [1.29, 1.82) is 0 Å². The first-order chi connectivity index (χ1) is 11.4. The number of nitrogens with one attached hydrogen (secondary N) is 2. The smallest absolute Gasteiger partial charge is 0.137 e. The summed E-state index contributed by atoms with van der Waals surface area (Å²) in [6, 6.07) is 11.6. The highest BCUT2D eigenvalue weighted by Crippen LogP contribution is 2.44. The van der Waals surface area contributed by atoms with Gasteiger partial charge in [-0.2, -0.15) is 0 Å². The van der Waals surface area contributed by atoms with Crippen molar-refractivity contribution in [3.8, 4) is 0 Å². The van der Waals surface area contributed by atoms with Crippen LogP contribution in [0.4, 0.5) is 0 Å². The lowest BCUT2D eigenvalue weighted by Crippen LogP contribution is -3.23. The van der Waals surface area contributed by atoms with E-state index in [4.69, 9.17) is 0 Å². The normalized spacial score (nSPS) is 41.4. The molecule has 5 aliphatic rings. The minimum atomic E-state index is 0.750. The van der Waals surface area contributed by atoms with Crippen LogP contribution < -0.4 is 10.2 Å². The minimum absolute atomic E-state index is 0.750. The fourth-order valence-electron chi connectivity index (χ4n) is 6.89. The summed E-state index contributed by atoms with van der Waals surface area (Å²) in [7, 11) is 0. The molecule has 23 heavy (non-hydrogen) atoms. The van der Waals surface area contributed by atoms with E-state index in [-0.39, 0.29) is 0 Å². The van der Waals surface area contributed by atoms with Crippen LogP contribution in [0.25, 0.3) is 10.9 Å². The molecule has 120 valence electrons. The van der Waals surface area contributed by atoms with Gasteiger partial charge in [-0.25, -0.2) is 0 Å². The molecule has 6 atom stereocenters. The van der Waals surface area contributed by atoms with Crippen LogP contribution in [0.15, 0.2) is 24.3 Å². The van der Waals surface area contributed by atoms with Crippen LogP contribution in [0.1, 0.15) is 43.0 Å². The predicted octanol–water partition coefficient (Wildman–Crippen LogP) is 0.784. The van der Waals surface area contributed by atoms with Crippen molar-refractivity contribution in [2.75, 3.05) is 13.1 Å². The van der Waals surface area contributed by atoms with Gasteiger partial charge in [0.1, 0.15) is 12.1 Å². The van der Waals surface area contributed by atoms with Crippen LogP contribution >= 0.6 is 0 Å². The number of hydrogen-bond donors (Lipinski definition) is 3. The molecule has 1 aromatic carbocycles. The van der Waals surface area contributed by atoms with Gasteiger partial charge in [-0.15, -0.1) is 0 Å². The van der Waals surface area contributed by atoms with E-state index < -0.39 is 0 Å². The Bertz CT molecular complexity index is 763. The number of fused-ring (bicyclic) bond motifs is 4. The maximum atomic E-state index is 3.86. The van der Waals surface area contributed by atoms with Gasteiger partial charge in [0, 0.05) is 23.7 Å². The number of benzene rings is 1. The summed E-state index contributed by atoms with van der Waals surface area (Å²) in [5.41, 5.74) is 4.62. The highest BCUT2D eigenvalue weighted by atomic mass is 15.3. The first-order valence-electron chi connectivity index (χ1n) is 9.70. The lowest BCUT2D eigenvalue weighted by molar-refractivity contribution is -0.989. The molecule has 1 aromatic heterocycles. The third-order valence-electron chi connectivity index (χ3n) is 7.62. The van der Waals surface area contributed by atoms with Gasteiger partial charge in [-0.1, -0.05) is 18.2 Å². The molecule has 4 fully saturated rings. The quantitative estimate of drug-likeness (QED) is 0.643. The summed E-state index contributed by atoms with van der Waals surface area (Å²) < 4.78 is 0. The van der Waals surface area contributed by atoms with Gasteiger partial charge in [0.25, 0.3) is 0 Å². The van der Waals surface area contributed by atoms with E-state index >= 15 is 0 Å². The number of aromatic nitrogens is 1. The van der Waals surface area contributed by atoms with E-state index in [1.165, 1.54) is 56.1 Å². The third kappa shape index (κ3) is 1.62. The van der Waals surface area contributed by atoms with Crippen molar-refractivity contribution in [1.82, 2.24) is 4.98 Å². The fourth-order valence-corrected chi connectivity index (χ4v) is 6.89. The molecule has 0 radical (unpaired) electrons. The van der Waals surface area contributed by atoms with Gasteiger partial charge in [0.2, 0.25) is 0 Å². The summed E-state index contributed by atoms with van der Waals surface area (Å²) in [5, 5.41) is 4.21. The topological polar surface area (TPSA) is 36.8 Å². The average Bonchev–Trinajstić information content (AvgIpc) is 3.01. The summed E-state index contributed by atoms with van der Waals surface area (Å²) >= 11 is 0. The maximum Gasteiger partial charge on any atom is 0.137 e. The predicted molar refractivity (Wildman–Crippen MR) is 90.4 cm³/mol. The maximum absolute atomic E-state index is 3.86. The highest BCUT2D eigenvalue weighted by Gasteiger charge is 2.60. The molecule has 1 aliphatic carbocycles. The average molecular weight is 309 g/mol. The molecule has 3 saturated heterocycles.